The van der Waals surface area contributed by atoms with E-state index < -0.39 is 0 Å². The van der Waals surface area contributed by atoms with Crippen LogP contribution in [0.25, 0.3) is 11.3 Å². The molecule has 9 heteroatoms. The van der Waals surface area contributed by atoms with Crippen molar-refractivity contribution in [2.24, 2.45) is 0 Å². The van der Waals surface area contributed by atoms with Crippen molar-refractivity contribution >= 4 is 17.2 Å². The van der Waals surface area contributed by atoms with E-state index >= 15 is 0 Å². The summed E-state index contributed by atoms with van der Waals surface area (Å²) in [7, 11) is 0. The van der Waals surface area contributed by atoms with Gasteiger partial charge in [-0.1, -0.05) is 6.92 Å². The number of amides is 1. The highest BCUT2D eigenvalue weighted by Gasteiger charge is 2.28. The van der Waals surface area contributed by atoms with E-state index in [1.807, 2.05) is 17.9 Å². The van der Waals surface area contributed by atoms with Crippen LogP contribution < -0.4 is 5.56 Å². The van der Waals surface area contributed by atoms with Crippen LogP contribution in [0.3, 0.4) is 0 Å². The largest absolute Gasteiger partial charge is 0.337 e. The second-order valence-electron chi connectivity index (χ2n) is 7.39. The molecule has 5 rings (SSSR count). The summed E-state index contributed by atoms with van der Waals surface area (Å²) in [6, 6.07) is 6.97. The summed E-state index contributed by atoms with van der Waals surface area (Å²) in [5.74, 6) is 0.0221. The molecule has 1 aliphatic heterocycles. The van der Waals surface area contributed by atoms with Gasteiger partial charge in [-0.25, -0.2) is 19.0 Å². The van der Waals surface area contributed by atoms with Gasteiger partial charge in [-0.05, 0) is 25.3 Å². The summed E-state index contributed by atoms with van der Waals surface area (Å²) in [5.41, 5.74) is 3.26. The lowest BCUT2D eigenvalue weighted by Gasteiger charge is -2.31. The number of carbonyl (C=O) groups excluding carboxylic acids is 1. The van der Waals surface area contributed by atoms with Crippen LogP contribution in [0.5, 0.6) is 0 Å². The Morgan fingerprint density at radius 1 is 1.28 bits per heavy atom. The number of hydrogen-bond donors (Lipinski definition) is 1. The second kappa shape index (κ2) is 6.84. The van der Waals surface area contributed by atoms with Crippen LogP contribution in [0.2, 0.25) is 0 Å². The fraction of sp³-hybridized carbons (Fsp3) is 0.350. The van der Waals surface area contributed by atoms with E-state index in [-0.39, 0.29) is 17.4 Å². The summed E-state index contributed by atoms with van der Waals surface area (Å²) >= 11 is 0. The van der Waals surface area contributed by atoms with Gasteiger partial charge in [0.25, 0.3) is 11.5 Å². The Kier molecular flexibility index (Phi) is 4.15. The highest BCUT2D eigenvalue weighted by atomic mass is 16.2. The van der Waals surface area contributed by atoms with Gasteiger partial charge >= 0.3 is 0 Å². The quantitative estimate of drug-likeness (QED) is 0.572. The van der Waals surface area contributed by atoms with Crippen molar-refractivity contribution in [3.8, 4) is 0 Å². The number of nitrogens with zero attached hydrogens (tertiary/aromatic N) is 6. The maximum atomic E-state index is 13.0. The second-order valence-corrected chi connectivity index (χ2v) is 7.39. The number of piperidine rings is 1. The van der Waals surface area contributed by atoms with Gasteiger partial charge in [0.05, 0.1) is 0 Å². The Hall–Kier alpha value is -3.49. The number of aromatic amines is 1. The molecule has 1 aliphatic rings. The predicted octanol–water partition coefficient (Wildman–Crippen LogP) is 1.65. The zero-order valence-corrected chi connectivity index (χ0v) is 16.1. The normalized spacial score (nSPS) is 17.3. The van der Waals surface area contributed by atoms with Gasteiger partial charge in [0.15, 0.2) is 17.0 Å². The molecule has 0 bridgehead atoms. The van der Waals surface area contributed by atoms with Crippen molar-refractivity contribution in [2.75, 3.05) is 13.1 Å². The van der Waals surface area contributed by atoms with Crippen molar-refractivity contribution in [1.29, 1.82) is 0 Å². The molecule has 0 aromatic carbocycles. The first-order chi connectivity index (χ1) is 14.1. The van der Waals surface area contributed by atoms with Crippen LogP contribution in [-0.4, -0.2) is 53.1 Å². The van der Waals surface area contributed by atoms with Crippen molar-refractivity contribution < 1.29 is 4.79 Å². The minimum absolute atomic E-state index is 0.0973. The van der Waals surface area contributed by atoms with Gasteiger partial charge in [0.1, 0.15) is 0 Å². The number of hydrogen-bond acceptors (Lipinski definition) is 5. The predicted molar refractivity (Wildman–Crippen MR) is 106 cm³/mol. The number of carbonyl (C=O) groups is 1. The van der Waals surface area contributed by atoms with E-state index in [0.717, 1.165) is 24.2 Å². The Bertz CT molecular complexity index is 1240. The summed E-state index contributed by atoms with van der Waals surface area (Å²) in [4.78, 5) is 35.9. The number of aryl methyl sites for hydroxylation is 1. The third-order valence-electron chi connectivity index (χ3n) is 5.49. The Balaban J connectivity index is 1.41. The molecule has 0 spiro atoms. The smallest absolute Gasteiger partial charge is 0.274 e. The average molecular weight is 391 g/mol. The average Bonchev–Trinajstić information content (AvgIpc) is 3.37. The summed E-state index contributed by atoms with van der Waals surface area (Å²) in [5, 5.41) is 7.53. The van der Waals surface area contributed by atoms with Crippen LogP contribution in [0.15, 0.2) is 41.5 Å². The minimum atomic E-state index is -0.112. The topological polar surface area (TPSA) is 101 Å². The Morgan fingerprint density at radius 2 is 2.17 bits per heavy atom. The number of likely N-dealkylation sites (tertiary alicyclic amines) is 1. The van der Waals surface area contributed by atoms with Crippen LogP contribution in [0.1, 0.15) is 47.6 Å². The highest BCUT2D eigenvalue weighted by Crippen LogP contribution is 2.27. The first kappa shape index (κ1) is 17.6. The third-order valence-corrected chi connectivity index (χ3v) is 5.49. The standard InChI is InChI=1S/C20H21N7O2/c1-2-14-9-19(28)27-18(22-14)10-15(24-27)13-5-3-7-25(12-13)20(29)16-11-17-21-6-4-8-26(17)23-16/h4,6,8-11,13,24H,2-3,5,7,12H2,1H3. The first-order valence-corrected chi connectivity index (χ1v) is 9.83. The molecule has 0 radical (unpaired) electrons. The van der Waals surface area contributed by atoms with E-state index in [2.05, 4.69) is 20.2 Å². The van der Waals surface area contributed by atoms with Crippen LogP contribution in [-0.2, 0) is 6.42 Å². The van der Waals surface area contributed by atoms with E-state index in [1.165, 1.54) is 4.52 Å². The highest BCUT2D eigenvalue weighted by molar-refractivity contribution is 5.93. The van der Waals surface area contributed by atoms with Gasteiger partial charge in [-0.3, -0.25) is 14.7 Å². The zero-order valence-electron chi connectivity index (χ0n) is 16.1. The molecule has 29 heavy (non-hydrogen) atoms. The molecule has 1 saturated heterocycles. The zero-order chi connectivity index (χ0) is 20.0. The molecule has 5 heterocycles. The SMILES string of the molecule is CCc1cc(=O)n2[nH]c(C3CCCN(C(=O)c4cc5ncccn5n4)C3)cc2n1. The van der Waals surface area contributed by atoms with Crippen molar-refractivity contribution in [2.45, 2.75) is 32.1 Å². The Morgan fingerprint density at radius 3 is 3.00 bits per heavy atom. The molecular weight excluding hydrogens is 370 g/mol. The monoisotopic (exact) mass is 391 g/mol. The molecule has 148 valence electrons. The summed E-state index contributed by atoms with van der Waals surface area (Å²) in [6.45, 7) is 3.24. The number of rotatable bonds is 3. The molecule has 0 saturated carbocycles. The van der Waals surface area contributed by atoms with Gasteiger partial charge < -0.3 is 4.90 Å². The fourth-order valence-corrected chi connectivity index (χ4v) is 3.96. The summed E-state index contributed by atoms with van der Waals surface area (Å²) < 4.78 is 3.08. The lowest BCUT2D eigenvalue weighted by molar-refractivity contribution is 0.0699. The van der Waals surface area contributed by atoms with Crippen molar-refractivity contribution in [3.63, 3.8) is 0 Å². The first-order valence-electron chi connectivity index (χ1n) is 9.83. The molecule has 9 nitrogen and oxygen atoms in total. The van der Waals surface area contributed by atoms with Crippen molar-refractivity contribution in [1.82, 2.24) is 34.1 Å². The Labute approximate surface area is 166 Å². The van der Waals surface area contributed by atoms with E-state index in [9.17, 15) is 9.59 Å². The minimum Gasteiger partial charge on any atom is -0.337 e. The van der Waals surface area contributed by atoms with Crippen molar-refractivity contribution in [3.05, 3.63) is 64.1 Å². The van der Waals surface area contributed by atoms with Gasteiger partial charge in [-0.2, -0.15) is 5.10 Å². The maximum Gasteiger partial charge on any atom is 0.274 e. The number of aromatic nitrogens is 6. The summed E-state index contributed by atoms with van der Waals surface area (Å²) in [6.07, 6.45) is 6.00. The van der Waals surface area contributed by atoms with Gasteiger partial charge in [0.2, 0.25) is 0 Å². The molecular formula is C20H21N7O2. The molecule has 1 amide bonds. The molecule has 1 fully saturated rings. The number of nitrogens with one attached hydrogen (secondary N) is 1. The maximum absolute atomic E-state index is 13.0. The van der Waals surface area contributed by atoms with Gasteiger partial charge in [0, 0.05) is 61.0 Å². The van der Waals surface area contributed by atoms with E-state index in [1.54, 1.807) is 35.1 Å². The van der Waals surface area contributed by atoms with E-state index in [0.29, 0.717) is 36.5 Å². The van der Waals surface area contributed by atoms with Crippen LogP contribution >= 0.6 is 0 Å². The lowest BCUT2D eigenvalue weighted by Crippen LogP contribution is -2.39. The van der Waals surface area contributed by atoms with E-state index in [4.69, 9.17) is 0 Å². The molecule has 1 unspecified atom stereocenters. The fourth-order valence-electron chi connectivity index (χ4n) is 3.96. The third kappa shape index (κ3) is 3.08. The van der Waals surface area contributed by atoms with Gasteiger partial charge in [-0.15, -0.1) is 0 Å². The van der Waals surface area contributed by atoms with Crippen LogP contribution in [0, 0.1) is 0 Å². The molecule has 4 aromatic heterocycles. The molecule has 0 aliphatic carbocycles. The lowest BCUT2D eigenvalue weighted by atomic mass is 9.94. The molecule has 4 aromatic rings. The number of fused-ring (bicyclic) bond motifs is 2. The number of H-pyrrole nitrogens is 1. The molecule has 1 atom stereocenters. The van der Waals surface area contributed by atoms with Crippen LogP contribution in [0.4, 0.5) is 0 Å². The molecule has 1 N–H and O–H groups in total.